The highest BCUT2D eigenvalue weighted by atomic mass is 16.5. The van der Waals surface area contributed by atoms with Crippen molar-refractivity contribution >= 4 is 17.5 Å². The second-order valence-corrected chi connectivity index (χ2v) is 5.83. The van der Waals surface area contributed by atoms with Gasteiger partial charge in [-0.2, -0.15) is 0 Å². The predicted molar refractivity (Wildman–Crippen MR) is 92.2 cm³/mol. The summed E-state index contributed by atoms with van der Waals surface area (Å²) in [5, 5.41) is 2.90. The van der Waals surface area contributed by atoms with E-state index in [-0.39, 0.29) is 11.8 Å². The maximum Gasteiger partial charge on any atom is 0.259 e. The van der Waals surface area contributed by atoms with Crippen LogP contribution in [0.15, 0.2) is 42.5 Å². The number of nitrogens with zero attached hydrogens (tertiary/aromatic N) is 1. The van der Waals surface area contributed by atoms with Gasteiger partial charge in [0.2, 0.25) is 5.91 Å². The van der Waals surface area contributed by atoms with Crippen LogP contribution in [0, 0.1) is 0 Å². The maximum absolute atomic E-state index is 12.5. The first-order valence-electron chi connectivity index (χ1n) is 7.90. The Morgan fingerprint density at radius 1 is 1.12 bits per heavy atom. The molecule has 5 heteroatoms. The van der Waals surface area contributed by atoms with Crippen molar-refractivity contribution in [3.05, 3.63) is 59.2 Å². The molecule has 2 amide bonds. The molecule has 0 saturated heterocycles. The van der Waals surface area contributed by atoms with Gasteiger partial charge in [0.1, 0.15) is 5.75 Å². The first-order chi connectivity index (χ1) is 11.6. The number of methoxy groups -OCH3 is 1. The number of fused-ring (bicyclic) bond motifs is 1. The number of carbonyl (C=O) groups is 2. The molecular weight excluding hydrogens is 304 g/mol. The highest BCUT2D eigenvalue weighted by molar-refractivity contribution is 6.06. The fourth-order valence-corrected chi connectivity index (χ4v) is 2.93. The van der Waals surface area contributed by atoms with E-state index < -0.39 is 0 Å². The van der Waals surface area contributed by atoms with Gasteiger partial charge in [0.25, 0.3) is 5.91 Å². The summed E-state index contributed by atoms with van der Waals surface area (Å²) >= 11 is 0. The third-order valence-corrected chi connectivity index (χ3v) is 4.27. The Balaban J connectivity index is 1.80. The quantitative estimate of drug-likeness (QED) is 0.944. The number of rotatable bonds is 3. The molecule has 2 aromatic rings. The molecule has 0 aliphatic carbocycles. The van der Waals surface area contributed by atoms with Crippen LogP contribution >= 0.6 is 0 Å². The standard InChI is InChI=1S/C19H20N2O3/c1-13(22)21-10-9-14-7-8-16(11-15(14)12-21)20-19(23)17-5-3-4-6-18(17)24-2/h3-8,11H,9-10,12H2,1-2H3,(H,20,23). The van der Waals surface area contributed by atoms with Crippen molar-refractivity contribution in [3.63, 3.8) is 0 Å². The molecule has 0 bridgehead atoms. The van der Waals surface area contributed by atoms with E-state index in [0.29, 0.717) is 17.9 Å². The monoisotopic (exact) mass is 324 g/mol. The molecule has 1 N–H and O–H groups in total. The number of ether oxygens (including phenoxy) is 1. The predicted octanol–water partition coefficient (Wildman–Crippen LogP) is 2.85. The Morgan fingerprint density at radius 2 is 1.92 bits per heavy atom. The Labute approximate surface area is 141 Å². The van der Waals surface area contributed by atoms with E-state index in [1.807, 2.05) is 29.2 Å². The van der Waals surface area contributed by atoms with Crippen LogP contribution in [-0.4, -0.2) is 30.4 Å². The number of nitrogens with one attached hydrogen (secondary N) is 1. The van der Waals surface area contributed by atoms with Gasteiger partial charge in [-0.05, 0) is 41.8 Å². The van der Waals surface area contributed by atoms with Crippen molar-refractivity contribution in [2.75, 3.05) is 19.0 Å². The van der Waals surface area contributed by atoms with Gasteiger partial charge in [0.05, 0.1) is 12.7 Å². The van der Waals surface area contributed by atoms with E-state index in [9.17, 15) is 9.59 Å². The fraction of sp³-hybridized carbons (Fsp3) is 0.263. The molecule has 0 radical (unpaired) electrons. The van der Waals surface area contributed by atoms with Crippen LogP contribution < -0.4 is 10.1 Å². The molecule has 1 aliphatic rings. The second kappa shape index (κ2) is 6.74. The Bertz CT molecular complexity index is 786. The van der Waals surface area contributed by atoms with E-state index in [4.69, 9.17) is 4.74 Å². The molecule has 1 aliphatic heterocycles. The van der Waals surface area contributed by atoms with Crippen LogP contribution in [0.4, 0.5) is 5.69 Å². The van der Waals surface area contributed by atoms with Crippen molar-refractivity contribution < 1.29 is 14.3 Å². The van der Waals surface area contributed by atoms with Gasteiger partial charge in [-0.15, -0.1) is 0 Å². The molecule has 124 valence electrons. The summed E-state index contributed by atoms with van der Waals surface area (Å²) in [4.78, 5) is 25.9. The van der Waals surface area contributed by atoms with E-state index in [0.717, 1.165) is 24.2 Å². The third kappa shape index (κ3) is 3.25. The minimum atomic E-state index is -0.216. The summed E-state index contributed by atoms with van der Waals surface area (Å²) in [6.07, 6.45) is 0.843. The molecule has 24 heavy (non-hydrogen) atoms. The molecule has 3 rings (SSSR count). The SMILES string of the molecule is COc1ccccc1C(=O)Nc1ccc2c(c1)CN(C(C)=O)CC2. The summed E-state index contributed by atoms with van der Waals surface area (Å²) in [6.45, 7) is 2.91. The third-order valence-electron chi connectivity index (χ3n) is 4.27. The molecule has 0 fully saturated rings. The molecule has 5 nitrogen and oxygen atoms in total. The molecule has 0 spiro atoms. The highest BCUT2D eigenvalue weighted by Crippen LogP contribution is 2.24. The molecule has 2 aromatic carbocycles. The van der Waals surface area contributed by atoms with Crippen LogP contribution in [0.2, 0.25) is 0 Å². The zero-order chi connectivity index (χ0) is 17.1. The van der Waals surface area contributed by atoms with Crippen molar-refractivity contribution in [1.82, 2.24) is 4.90 Å². The second-order valence-electron chi connectivity index (χ2n) is 5.83. The minimum absolute atomic E-state index is 0.0733. The van der Waals surface area contributed by atoms with Crippen molar-refractivity contribution in [2.45, 2.75) is 19.9 Å². The number of hydrogen-bond acceptors (Lipinski definition) is 3. The van der Waals surface area contributed by atoms with Crippen molar-refractivity contribution in [2.24, 2.45) is 0 Å². The van der Waals surface area contributed by atoms with Gasteiger partial charge in [0.15, 0.2) is 0 Å². The van der Waals surface area contributed by atoms with Gasteiger partial charge >= 0.3 is 0 Å². The average molecular weight is 324 g/mol. The zero-order valence-electron chi connectivity index (χ0n) is 13.8. The van der Waals surface area contributed by atoms with Gasteiger partial charge < -0.3 is 15.0 Å². The Morgan fingerprint density at radius 3 is 2.67 bits per heavy atom. The van der Waals surface area contributed by atoms with Crippen LogP contribution in [-0.2, 0) is 17.8 Å². The van der Waals surface area contributed by atoms with Crippen molar-refractivity contribution in [3.8, 4) is 5.75 Å². The first kappa shape index (κ1) is 16.1. The fourth-order valence-electron chi connectivity index (χ4n) is 2.93. The number of benzene rings is 2. The topological polar surface area (TPSA) is 58.6 Å². The van der Waals surface area contributed by atoms with E-state index in [2.05, 4.69) is 5.32 Å². The van der Waals surface area contributed by atoms with E-state index in [1.54, 1.807) is 32.2 Å². The number of hydrogen-bond donors (Lipinski definition) is 1. The lowest BCUT2D eigenvalue weighted by molar-refractivity contribution is -0.129. The smallest absolute Gasteiger partial charge is 0.259 e. The summed E-state index contributed by atoms with van der Waals surface area (Å²) in [5.41, 5.74) is 3.51. The lowest BCUT2D eigenvalue weighted by Gasteiger charge is -2.28. The van der Waals surface area contributed by atoms with Crippen molar-refractivity contribution in [1.29, 1.82) is 0 Å². The lowest BCUT2D eigenvalue weighted by atomic mass is 9.99. The Hall–Kier alpha value is -2.82. The average Bonchev–Trinajstić information content (AvgIpc) is 2.60. The van der Waals surface area contributed by atoms with Crippen LogP contribution in [0.3, 0.4) is 0 Å². The number of para-hydroxylation sites is 1. The molecule has 0 unspecified atom stereocenters. The zero-order valence-corrected chi connectivity index (χ0v) is 13.8. The largest absolute Gasteiger partial charge is 0.496 e. The first-order valence-corrected chi connectivity index (χ1v) is 7.90. The molecule has 0 atom stereocenters. The Kier molecular flexibility index (Phi) is 4.51. The molecule has 0 aromatic heterocycles. The summed E-state index contributed by atoms with van der Waals surface area (Å²) < 4.78 is 5.23. The highest BCUT2D eigenvalue weighted by Gasteiger charge is 2.19. The van der Waals surface area contributed by atoms with Gasteiger partial charge in [-0.1, -0.05) is 18.2 Å². The molecule has 1 heterocycles. The van der Waals surface area contributed by atoms with E-state index >= 15 is 0 Å². The maximum atomic E-state index is 12.5. The lowest BCUT2D eigenvalue weighted by Crippen LogP contribution is -2.34. The summed E-state index contributed by atoms with van der Waals surface area (Å²) in [5.74, 6) is 0.395. The number of amides is 2. The number of anilines is 1. The summed E-state index contributed by atoms with van der Waals surface area (Å²) in [6, 6.07) is 13.0. The minimum Gasteiger partial charge on any atom is -0.496 e. The van der Waals surface area contributed by atoms with Gasteiger partial charge in [0, 0.05) is 25.7 Å². The van der Waals surface area contributed by atoms with Gasteiger partial charge in [-0.3, -0.25) is 9.59 Å². The molecule has 0 saturated carbocycles. The van der Waals surface area contributed by atoms with E-state index in [1.165, 1.54) is 5.56 Å². The van der Waals surface area contributed by atoms with Gasteiger partial charge in [-0.25, -0.2) is 0 Å². The number of carbonyl (C=O) groups excluding carboxylic acids is 2. The van der Waals surface area contributed by atoms with Crippen LogP contribution in [0.25, 0.3) is 0 Å². The molecular formula is C19H20N2O3. The van der Waals surface area contributed by atoms with Crippen LogP contribution in [0.5, 0.6) is 5.75 Å². The normalized spacial score (nSPS) is 13.2. The summed E-state index contributed by atoms with van der Waals surface area (Å²) in [7, 11) is 1.54. The van der Waals surface area contributed by atoms with Crippen LogP contribution in [0.1, 0.15) is 28.4 Å².